The largest absolute Gasteiger partial charge is 0.483 e. The smallest absolute Gasteiger partial charge is 0.422 e. The summed E-state index contributed by atoms with van der Waals surface area (Å²) in [4.78, 5) is -0.129. The highest BCUT2D eigenvalue weighted by Crippen LogP contribution is 2.35. The van der Waals surface area contributed by atoms with Crippen LogP contribution in [-0.2, 0) is 0 Å². The molecule has 1 aromatic carbocycles. The Bertz CT molecular complexity index is 549. The van der Waals surface area contributed by atoms with Gasteiger partial charge in [0.2, 0.25) is 0 Å². The predicted octanol–water partition coefficient (Wildman–Crippen LogP) is 3.73. The number of benzene rings is 1. The number of thiol groups is 1. The van der Waals surface area contributed by atoms with Crippen LogP contribution in [0.25, 0.3) is 0 Å². The van der Waals surface area contributed by atoms with Crippen molar-refractivity contribution >= 4 is 12.6 Å². The third-order valence-corrected chi connectivity index (χ3v) is 2.33. The second kappa shape index (κ2) is 6.34. The summed E-state index contributed by atoms with van der Waals surface area (Å²) in [5.74, 6) is -1.12. The van der Waals surface area contributed by atoms with Gasteiger partial charge in [-0.1, -0.05) is 0 Å². The molecular formula is C11H7F6NO2S. The van der Waals surface area contributed by atoms with Gasteiger partial charge in [0.25, 0.3) is 0 Å². The number of rotatable bonds is 4. The summed E-state index contributed by atoms with van der Waals surface area (Å²) in [6.45, 7) is -3.40. The van der Waals surface area contributed by atoms with E-state index >= 15 is 0 Å². The van der Waals surface area contributed by atoms with Crippen molar-refractivity contribution in [1.82, 2.24) is 0 Å². The van der Waals surface area contributed by atoms with Gasteiger partial charge in [0, 0.05) is 4.90 Å². The molecule has 1 rings (SSSR count). The highest BCUT2D eigenvalue weighted by Gasteiger charge is 2.31. The molecule has 0 aliphatic rings. The Morgan fingerprint density at radius 3 is 2.00 bits per heavy atom. The monoisotopic (exact) mass is 331 g/mol. The second-order valence-corrected chi connectivity index (χ2v) is 4.19. The minimum absolute atomic E-state index is 0.129. The number of nitriles is 1. The Kier molecular flexibility index (Phi) is 5.22. The van der Waals surface area contributed by atoms with Crippen molar-refractivity contribution in [3.05, 3.63) is 17.7 Å². The molecule has 0 atom stereocenters. The molecule has 21 heavy (non-hydrogen) atoms. The van der Waals surface area contributed by atoms with Crippen LogP contribution in [0.3, 0.4) is 0 Å². The van der Waals surface area contributed by atoms with Crippen molar-refractivity contribution in [2.45, 2.75) is 17.2 Å². The Morgan fingerprint density at radius 2 is 1.52 bits per heavy atom. The Labute approximate surface area is 120 Å². The fourth-order valence-electron chi connectivity index (χ4n) is 1.24. The normalized spacial score (nSPS) is 11.9. The first-order valence-electron chi connectivity index (χ1n) is 5.18. The number of hydrogen-bond acceptors (Lipinski definition) is 4. The van der Waals surface area contributed by atoms with Crippen LogP contribution in [0.5, 0.6) is 11.5 Å². The van der Waals surface area contributed by atoms with Gasteiger partial charge in [-0.15, -0.1) is 12.6 Å². The summed E-state index contributed by atoms with van der Waals surface area (Å²) in [6, 6.07) is 3.51. The maximum absolute atomic E-state index is 12.1. The molecule has 0 amide bonds. The predicted molar refractivity (Wildman–Crippen MR) is 61.5 cm³/mol. The molecule has 0 fully saturated rings. The highest BCUT2D eigenvalue weighted by molar-refractivity contribution is 7.80. The third kappa shape index (κ3) is 5.63. The van der Waals surface area contributed by atoms with Crippen molar-refractivity contribution in [1.29, 1.82) is 5.26 Å². The lowest BCUT2D eigenvalue weighted by molar-refractivity contribution is -0.154. The molecule has 10 heteroatoms. The first-order chi connectivity index (χ1) is 9.53. The molecule has 1 aromatic rings. The van der Waals surface area contributed by atoms with Crippen LogP contribution in [-0.4, -0.2) is 25.6 Å². The molecule has 0 saturated carbocycles. The van der Waals surface area contributed by atoms with Crippen LogP contribution in [0.1, 0.15) is 5.56 Å². The van der Waals surface area contributed by atoms with E-state index in [0.717, 1.165) is 12.1 Å². The molecule has 3 nitrogen and oxygen atoms in total. The Hall–Kier alpha value is -1.76. The zero-order valence-electron chi connectivity index (χ0n) is 10.0. The van der Waals surface area contributed by atoms with Crippen LogP contribution < -0.4 is 9.47 Å². The molecule has 0 heterocycles. The molecular weight excluding hydrogens is 324 g/mol. The fourth-order valence-corrected chi connectivity index (χ4v) is 1.49. The molecule has 0 spiro atoms. The lowest BCUT2D eigenvalue weighted by atomic mass is 10.2. The zero-order chi connectivity index (χ0) is 16.3. The number of nitrogens with zero attached hydrogens (tertiary/aromatic N) is 1. The van der Waals surface area contributed by atoms with Crippen molar-refractivity contribution in [2.75, 3.05) is 13.2 Å². The minimum Gasteiger partial charge on any atom is -0.483 e. The molecule has 0 saturated heterocycles. The van der Waals surface area contributed by atoms with Gasteiger partial charge in [-0.3, -0.25) is 0 Å². The van der Waals surface area contributed by atoms with E-state index in [1.54, 1.807) is 0 Å². The SMILES string of the molecule is N#Cc1c(OCC(F)(F)F)ccc(S)c1OCC(F)(F)F. The lowest BCUT2D eigenvalue weighted by Crippen LogP contribution is -2.21. The summed E-state index contributed by atoms with van der Waals surface area (Å²) in [7, 11) is 0. The van der Waals surface area contributed by atoms with Gasteiger partial charge in [-0.2, -0.15) is 31.6 Å². The van der Waals surface area contributed by atoms with Crippen molar-refractivity contribution in [2.24, 2.45) is 0 Å². The van der Waals surface area contributed by atoms with Gasteiger partial charge < -0.3 is 9.47 Å². The van der Waals surface area contributed by atoms with Gasteiger partial charge in [-0.25, -0.2) is 0 Å². The maximum Gasteiger partial charge on any atom is 0.422 e. The van der Waals surface area contributed by atoms with Crippen LogP contribution in [0.4, 0.5) is 26.3 Å². The number of halogens is 6. The Balaban J connectivity index is 3.05. The molecule has 0 N–H and O–H groups in total. The summed E-state index contributed by atoms with van der Waals surface area (Å²) in [5.41, 5.74) is -0.587. The molecule has 116 valence electrons. The number of alkyl halides is 6. The van der Waals surface area contributed by atoms with Crippen molar-refractivity contribution in [3.8, 4) is 17.6 Å². The zero-order valence-corrected chi connectivity index (χ0v) is 10.9. The Morgan fingerprint density at radius 1 is 1.00 bits per heavy atom. The minimum atomic E-state index is -4.67. The van der Waals surface area contributed by atoms with E-state index in [-0.39, 0.29) is 4.90 Å². The standard InChI is InChI=1S/C11H7F6NO2S/c12-10(13,14)4-19-7-1-2-8(21)9(6(7)3-18)20-5-11(15,16)17/h1-2,21H,4-5H2. The van der Waals surface area contributed by atoms with E-state index in [0.29, 0.717) is 0 Å². The number of hydrogen-bond donors (Lipinski definition) is 1. The van der Waals surface area contributed by atoms with E-state index in [1.165, 1.54) is 6.07 Å². The average Bonchev–Trinajstić information content (AvgIpc) is 2.33. The maximum atomic E-state index is 12.1. The highest BCUT2D eigenvalue weighted by atomic mass is 32.1. The van der Waals surface area contributed by atoms with E-state index < -0.39 is 42.6 Å². The summed E-state index contributed by atoms with van der Waals surface area (Å²) >= 11 is 3.80. The summed E-state index contributed by atoms with van der Waals surface area (Å²) < 4.78 is 81.3. The fraction of sp³-hybridized carbons (Fsp3) is 0.364. The van der Waals surface area contributed by atoms with Gasteiger partial charge in [0.15, 0.2) is 19.0 Å². The lowest BCUT2D eigenvalue weighted by Gasteiger charge is -2.15. The molecule has 0 aromatic heterocycles. The van der Waals surface area contributed by atoms with E-state index in [2.05, 4.69) is 22.1 Å². The molecule has 0 radical (unpaired) electrons. The van der Waals surface area contributed by atoms with Gasteiger partial charge in [-0.05, 0) is 12.1 Å². The molecule has 0 aliphatic carbocycles. The van der Waals surface area contributed by atoms with E-state index in [4.69, 9.17) is 5.26 Å². The van der Waals surface area contributed by atoms with E-state index in [1.807, 2.05) is 0 Å². The van der Waals surface area contributed by atoms with Crippen LogP contribution in [0.2, 0.25) is 0 Å². The van der Waals surface area contributed by atoms with Crippen LogP contribution in [0.15, 0.2) is 17.0 Å². The van der Waals surface area contributed by atoms with Crippen molar-refractivity contribution in [3.63, 3.8) is 0 Å². The topological polar surface area (TPSA) is 42.2 Å². The van der Waals surface area contributed by atoms with E-state index in [9.17, 15) is 26.3 Å². The number of ether oxygens (including phenoxy) is 2. The van der Waals surface area contributed by atoms with Crippen LogP contribution in [0, 0.1) is 11.3 Å². The van der Waals surface area contributed by atoms with Crippen LogP contribution >= 0.6 is 12.6 Å². The average molecular weight is 331 g/mol. The summed E-state index contributed by atoms with van der Waals surface area (Å²) in [5, 5.41) is 8.88. The molecule has 0 unspecified atom stereocenters. The molecule has 0 aliphatic heterocycles. The second-order valence-electron chi connectivity index (χ2n) is 3.71. The van der Waals surface area contributed by atoms with Crippen molar-refractivity contribution < 1.29 is 35.8 Å². The first kappa shape index (κ1) is 17.3. The van der Waals surface area contributed by atoms with Gasteiger partial charge in [0.05, 0.1) is 0 Å². The summed E-state index contributed by atoms with van der Waals surface area (Å²) in [6.07, 6.45) is -9.32. The van der Waals surface area contributed by atoms with Gasteiger partial charge in [0.1, 0.15) is 17.4 Å². The molecule has 0 bridgehead atoms. The third-order valence-electron chi connectivity index (χ3n) is 1.98. The quantitative estimate of drug-likeness (QED) is 0.675. The first-order valence-corrected chi connectivity index (χ1v) is 5.63. The van der Waals surface area contributed by atoms with Gasteiger partial charge >= 0.3 is 12.4 Å².